The molecule has 0 aromatic carbocycles. The van der Waals surface area contributed by atoms with Gasteiger partial charge in [0.15, 0.2) is 0 Å². The molecule has 4 atom stereocenters. The van der Waals surface area contributed by atoms with Gasteiger partial charge in [0.1, 0.15) is 0 Å². The summed E-state index contributed by atoms with van der Waals surface area (Å²) in [6.45, 7) is 6.73. The second-order valence-electron chi connectivity index (χ2n) is 5.96. The molecule has 2 aliphatic carbocycles. The average Bonchev–Trinajstić information content (AvgIpc) is 2.94. The molecule has 2 unspecified atom stereocenters. The van der Waals surface area contributed by atoms with Crippen molar-refractivity contribution in [2.45, 2.75) is 39.7 Å². The number of aliphatic carboxylic acids is 1. The van der Waals surface area contributed by atoms with Gasteiger partial charge in [0.05, 0.1) is 11.8 Å². The summed E-state index contributed by atoms with van der Waals surface area (Å²) in [5, 5.41) is 9.40. The second kappa shape index (κ2) is 5.35. The molecule has 0 aliphatic heterocycles. The Morgan fingerprint density at radius 2 is 1.84 bits per heavy atom. The molecule has 0 saturated heterocycles. The lowest BCUT2D eigenvalue weighted by Gasteiger charge is -2.33. The maximum Gasteiger partial charge on any atom is 0.307 e. The molecule has 0 heterocycles. The van der Waals surface area contributed by atoms with Gasteiger partial charge in [-0.3, -0.25) is 9.59 Å². The lowest BCUT2D eigenvalue weighted by Crippen LogP contribution is -2.46. The number of carboxylic acids is 1. The minimum Gasteiger partial charge on any atom is -0.481 e. The van der Waals surface area contributed by atoms with E-state index in [1.165, 1.54) is 0 Å². The molecule has 0 spiro atoms. The first kappa shape index (κ1) is 14.1. The first-order chi connectivity index (χ1) is 8.97. The smallest absolute Gasteiger partial charge is 0.307 e. The predicted octanol–water partition coefficient (Wildman–Crippen LogP) is 2.16. The number of carbonyl (C=O) groups excluding carboxylic acids is 1. The molecule has 1 fully saturated rings. The van der Waals surface area contributed by atoms with Gasteiger partial charge in [-0.05, 0) is 38.5 Å². The fraction of sp³-hybridized carbons (Fsp3) is 0.733. The van der Waals surface area contributed by atoms with Crippen LogP contribution in [0, 0.1) is 23.7 Å². The minimum absolute atomic E-state index is 0.0288. The van der Waals surface area contributed by atoms with Gasteiger partial charge in [-0.25, -0.2) is 0 Å². The summed E-state index contributed by atoms with van der Waals surface area (Å²) in [5.74, 6) is -1.51. The third kappa shape index (κ3) is 2.40. The highest BCUT2D eigenvalue weighted by Crippen LogP contribution is 2.48. The maximum absolute atomic E-state index is 12.7. The molecule has 2 bridgehead atoms. The van der Waals surface area contributed by atoms with E-state index < -0.39 is 11.9 Å². The van der Waals surface area contributed by atoms with Crippen LogP contribution < -0.4 is 0 Å². The van der Waals surface area contributed by atoms with Crippen molar-refractivity contribution in [1.82, 2.24) is 4.90 Å². The van der Waals surface area contributed by atoms with Gasteiger partial charge in [0, 0.05) is 12.6 Å². The lowest BCUT2D eigenvalue weighted by atomic mass is 9.82. The normalized spacial score (nSPS) is 32.0. The van der Waals surface area contributed by atoms with Gasteiger partial charge in [-0.2, -0.15) is 0 Å². The van der Waals surface area contributed by atoms with E-state index in [0.717, 1.165) is 12.8 Å². The Hall–Kier alpha value is -1.32. The minimum atomic E-state index is -0.824. The lowest BCUT2D eigenvalue weighted by molar-refractivity contribution is -0.151. The molecule has 106 valence electrons. The number of amides is 1. The fourth-order valence-electron chi connectivity index (χ4n) is 3.55. The molecular formula is C15H23NO3. The third-order valence-corrected chi connectivity index (χ3v) is 4.40. The molecule has 1 amide bonds. The van der Waals surface area contributed by atoms with Crippen molar-refractivity contribution in [3.8, 4) is 0 Å². The molecule has 1 N–H and O–H groups in total. The van der Waals surface area contributed by atoms with E-state index in [9.17, 15) is 14.7 Å². The number of carboxylic acid groups (broad SMARTS) is 1. The molecule has 2 rings (SSSR count). The number of allylic oxidation sites excluding steroid dienone is 2. The van der Waals surface area contributed by atoms with Crippen LogP contribution in [0.2, 0.25) is 0 Å². The SMILES string of the molecule is CCCN(C(=O)[C@H]1C2C=CC(C2)[C@H]1C(=O)O)C(C)C. The van der Waals surface area contributed by atoms with Crippen LogP contribution in [0.5, 0.6) is 0 Å². The van der Waals surface area contributed by atoms with Crippen LogP contribution >= 0.6 is 0 Å². The van der Waals surface area contributed by atoms with Crippen molar-refractivity contribution in [2.75, 3.05) is 6.54 Å². The molecule has 0 aromatic rings. The van der Waals surface area contributed by atoms with Crippen molar-refractivity contribution >= 4 is 11.9 Å². The van der Waals surface area contributed by atoms with Crippen LogP contribution in [0.4, 0.5) is 0 Å². The van der Waals surface area contributed by atoms with E-state index >= 15 is 0 Å². The molecular weight excluding hydrogens is 242 g/mol. The second-order valence-corrected chi connectivity index (χ2v) is 5.96. The number of nitrogens with zero attached hydrogens (tertiary/aromatic N) is 1. The van der Waals surface area contributed by atoms with Crippen LogP contribution in [0.1, 0.15) is 33.6 Å². The van der Waals surface area contributed by atoms with E-state index in [2.05, 4.69) is 0 Å². The van der Waals surface area contributed by atoms with Crippen molar-refractivity contribution in [3.63, 3.8) is 0 Å². The van der Waals surface area contributed by atoms with Crippen LogP contribution in [0.3, 0.4) is 0 Å². The zero-order chi connectivity index (χ0) is 14.2. The van der Waals surface area contributed by atoms with Gasteiger partial charge < -0.3 is 10.0 Å². The average molecular weight is 265 g/mol. The van der Waals surface area contributed by atoms with Crippen molar-refractivity contribution < 1.29 is 14.7 Å². The summed E-state index contributed by atoms with van der Waals surface area (Å²) in [5.41, 5.74) is 0. The van der Waals surface area contributed by atoms with Gasteiger partial charge in [0.2, 0.25) is 5.91 Å². The molecule has 4 heteroatoms. The van der Waals surface area contributed by atoms with Crippen molar-refractivity contribution in [3.05, 3.63) is 12.2 Å². The summed E-state index contributed by atoms with van der Waals surface area (Å²) in [7, 11) is 0. The highest BCUT2D eigenvalue weighted by Gasteiger charge is 2.52. The van der Waals surface area contributed by atoms with Crippen LogP contribution in [-0.2, 0) is 9.59 Å². The van der Waals surface area contributed by atoms with Gasteiger partial charge >= 0.3 is 5.97 Å². The van der Waals surface area contributed by atoms with E-state index in [0.29, 0.717) is 6.54 Å². The Balaban J connectivity index is 2.21. The molecule has 1 saturated carbocycles. The highest BCUT2D eigenvalue weighted by atomic mass is 16.4. The van der Waals surface area contributed by atoms with E-state index in [1.807, 2.05) is 37.8 Å². The summed E-state index contributed by atoms with van der Waals surface area (Å²) in [6.07, 6.45) is 5.74. The Morgan fingerprint density at radius 3 is 2.32 bits per heavy atom. The standard InChI is InChI=1S/C15H23NO3/c1-4-7-16(9(2)3)14(17)12-10-5-6-11(8-10)13(12)15(18)19/h5-6,9-13H,4,7-8H2,1-3H3,(H,18,19)/t10?,11?,12-,13+/m0/s1. The Bertz CT molecular complexity index is 402. The molecule has 0 aromatic heterocycles. The maximum atomic E-state index is 12.7. The predicted molar refractivity (Wildman–Crippen MR) is 72.5 cm³/mol. The van der Waals surface area contributed by atoms with Gasteiger partial charge in [-0.15, -0.1) is 0 Å². The number of carbonyl (C=O) groups is 2. The first-order valence-electron chi connectivity index (χ1n) is 7.19. The van der Waals surface area contributed by atoms with Crippen LogP contribution in [0.25, 0.3) is 0 Å². The number of fused-ring (bicyclic) bond motifs is 2. The fourth-order valence-corrected chi connectivity index (χ4v) is 3.55. The number of rotatable bonds is 5. The first-order valence-corrected chi connectivity index (χ1v) is 7.19. The summed E-state index contributed by atoms with van der Waals surface area (Å²) in [6, 6.07) is 0.130. The zero-order valence-electron chi connectivity index (χ0n) is 11.9. The summed E-state index contributed by atoms with van der Waals surface area (Å²) < 4.78 is 0. The third-order valence-electron chi connectivity index (χ3n) is 4.40. The zero-order valence-corrected chi connectivity index (χ0v) is 11.9. The van der Waals surface area contributed by atoms with E-state index in [1.54, 1.807) is 0 Å². The molecule has 2 aliphatic rings. The quantitative estimate of drug-likeness (QED) is 0.775. The largest absolute Gasteiger partial charge is 0.481 e. The molecule has 4 nitrogen and oxygen atoms in total. The van der Waals surface area contributed by atoms with Gasteiger partial charge in [-0.1, -0.05) is 19.1 Å². The number of hydrogen-bond donors (Lipinski definition) is 1. The topological polar surface area (TPSA) is 57.6 Å². The van der Waals surface area contributed by atoms with Crippen molar-refractivity contribution in [2.24, 2.45) is 23.7 Å². The van der Waals surface area contributed by atoms with Gasteiger partial charge in [0.25, 0.3) is 0 Å². The Morgan fingerprint density at radius 1 is 1.26 bits per heavy atom. The molecule has 0 radical (unpaired) electrons. The highest BCUT2D eigenvalue weighted by molar-refractivity contribution is 5.87. The van der Waals surface area contributed by atoms with Crippen LogP contribution in [-0.4, -0.2) is 34.5 Å². The van der Waals surface area contributed by atoms with Crippen LogP contribution in [0.15, 0.2) is 12.2 Å². The number of hydrogen-bond acceptors (Lipinski definition) is 2. The van der Waals surface area contributed by atoms with Crippen molar-refractivity contribution in [1.29, 1.82) is 0 Å². The van der Waals surface area contributed by atoms with E-state index in [4.69, 9.17) is 0 Å². The molecule has 19 heavy (non-hydrogen) atoms. The summed E-state index contributed by atoms with van der Waals surface area (Å²) >= 11 is 0. The monoisotopic (exact) mass is 265 g/mol. The Labute approximate surface area is 114 Å². The summed E-state index contributed by atoms with van der Waals surface area (Å²) in [4.78, 5) is 26.0. The van der Waals surface area contributed by atoms with E-state index in [-0.39, 0.29) is 29.7 Å². The Kier molecular flexibility index (Phi) is 3.97.